The Morgan fingerprint density at radius 2 is 1.58 bits per heavy atom. The number of nitrogens with zero attached hydrogens (tertiary/aromatic N) is 1. The first kappa shape index (κ1) is 20.2. The summed E-state index contributed by atoms with van der Waals surface area (Å²) in [5.41, 5.74) is 2.84. The molecular formula is C25H21NO5. The highest BCUT2D eigenvalue weighted by atomic mass is 16.5. The van der Waals surface area contributed by atoms with E-state index in [2.05, 4.69) is 0 Å². The summed E-state index contributed by atoms with van der Waals surface area (Å²) in [7, 11) is 3.05. The minimum absolute atomic E-state index is 0.0282. The van der Waals surface area contributed by atoms with E-state index < -0.39 is 5.91 Å². The van der Waals surface area contributed by atoms with Gasteiger partial charge in [-0.2, -0.15) is 0 Å². The Labute approximate surface area is 180 Å². The number of imide groups is 1. The standard InChI is InChI=1S/C25H21NO5/c1-30-18-10-7-16(8-11-18)15-26-24(28)20-6-4-3-5-19(20)21(25(26)29)13-17-9-12-23(31-2)22(27)14-17/h3-14,27H,15H2,1-2H3. The highest BCUT2D eigenvalue weighted by Crippen LogP contribution is 2.33. The van der Waals surface area contributed by atoms with Crippen molar-refractivity contribution in [2.75, 3.05) is 14.2 Å². The summed E-state index contributed by atoms with van der Waals surface area (Å²) in [5.74, 6) is 0.277. The molecule has 3 aromatic rings. The van der Waals surface area contributed by atoms with Crippen LogP contribution in [-0.2, 0) is 11.3 Å². The van der Waals surface area contributed by atoms with Crippen LogP contribution in [0.2, 0.25) is 0 Å². The van der Waals surface area contributed by atoms with Gasteiger partial charge in [-0.1, -0.05) is 36.4 Å². The molecule has 1 N–H and O–H groups in total. The molecule has 0 spiro atoms. The van der Waals surface area contributed by atoms with Crippen molar-refractivity contribution in [3.8, 4) is 17.2 Å². The molecule has 0 saturated carbocycles. The number of aromatic hydroxyl groups is 1. The summed E-state index contributed by atoms with van der Waals surface area (Å²) in [6.07, 6.45) is 1.67. The van der Waals surface area contributed by atoms with Crippen molar-refractivity contribution in [1.29, 1.82) is 0 Å². The monoisotopic (exact) mass is 415 g/mol. The lowest BCUT2D eigenvalue weighted by molar-refractivity contribution is -0.123. The normalized spacial score (nSPS) is 14.5. The van der Waals surface area contributed by atoms with E-state index in [0.29, 0.717) is 33.8 Å². The van der Waals surface area contributed by atoms with Gasteiger partial charge in [-0.3, -0.25) is 14.5 Å². The molecule has 31 heavy (non-hydrogen) atoms. The number of amides is 2. The van der Waals surface area contributed by atoms with Crippen LogP contribution in [0, 0.1) is 0 Å². The molecule has 1 aliphatic rings. The number of ether oxygens (including phenoxy) is 2. The van der Waals surface area contributed by atoms with Crippen LogP contribution < -0.4 is 9.47 Å². The van der Waals surface area contributed by atoms with Crippen molar-refractivity contribution in [3.05, 3.63) is 89.0 Å². The van der Waals surface area contributed by atoms with Gasteiger partial charge in [0.25, 0.3) is 11.8 Å². The van der Waals surface area contributed by atoms with Crippen molar-refractivity contribution in [1.82, 2.24) is 4.90 Å². The van der Waals surface area contributed by atoms with E-state index in [1.807, 2.05) is 12.1 Å². The van der Waals surface area contributed by atoms with Crippen molar-refractivity contribution >= 4 is 23.5 Å². The van der Waals surface area contributed by atoms with Crippen molar-refractivity contribution in [2.24, 2.45) is 0 Å². The minimum Gasteiger partial charge on any atom is -0.504 e. The van der Waals surface area contributed by atoms with E-state index in [9.17, 15) is 14.7 Å². The molecule has 0 aromatic heterocycles. The Bertz CT molecular complexity index is 1180. The number of carbonyl (C=O) groups is 2. The lowest BCUT2D eigenvalue weighted by Crippen LogP contribution is -2.41. The smallest absolute Gasteiger partial charge is 0.261 e. The lowest BCUT2D eigenvalue weighted by Gasteiger charge is -2.29. The third kappa shape index (κ3) is 3.88. The van der Waals surface area contributed by atoms with E-state index in [-0.39, 0.29) is 18.2 Å². The number of phenolic OH excluding ortho intramolecular Hbond substituents is 1. The van der Waals surface area contributed by atoms with Crippen LogP contribution in [0.4, 0.5) is 0 Å². The first-order valence-corrected chi connectivity index (χ1v) is 9.69. The SMILES string of the molecule is COc1ccc(CN2C(=O)C(=Cc3ccc(OC)c(O)c3)c3ccccc3C2=O)cc1. The van der Waals surface area contributed by atoms with Crippen LogP contribution in [0.15, 0.2) is 66.7 Å². The fraction of sp³-hybridized carbons (Fsp3) is 0.120. The van der Waals surface area contributed by atoms with Gasteiger partial charge >= 0.3 is 0 Å². The van der Waals surface area contributed by atoms with Gasteiger partial charge in [0.2, 0.25) is 0 Å². The first-order valence-electron chi connectivity index (χ1n) is 9.69. The summed E-state index contributed by atoms with van der Waals surface area (Å²) >= 11 is 0. The fourth-order valence-electron chi connectivity index (χ4n) is 3.56. The second kappa shape index (κ2) is 8.36. The Hall–Kier alpha value is -4.06. The van der Waals surface area contributed by atoms with Gasteiger partial charge in [-0.25, -0.2) is 0 Å². The first-order chi connectivity index (χ1) is 15.0. The molecule has 3 aromatic carbocycles. The number of fused-ring (bicyclic) bond motifs is 1. The Balaban J connectivity index is 1.75. The maximum atomic E-state index is 13.4. The van der Waals surface area contributed by atoms with Gasteiger partial charge in [-0.15, -0.1) is 0 Å². The van der Waals surface area contributed by atoms with Crippen LogP contribution in [0.3, 0.4) is 0 Å². The maximum Gasteiger partial charge on any atom is 0.261 e. The topological polar surface area (TPSA) is 76.1 Å². The summed E-state index contributed by atoms with van der Waals surface area (Å²) in [5, 5.41) is 10.1. The van der Waals surface area contributed by atoms with Crippen molar-refractivity contribution in [2.45, 2.75) is 6.54 Å². The van der Waals surface area contributed by atoms with Crippen molar-refractivity contribution < 1.29 is 24.2 Å². The second-order valence-corrected chi connectivity index (χ2v) is 7.08. The predicted molar refractivity (Wildman–Crippen MR) is 117 cm³/mol. The van der Waals surface area contributed by atoms with Crippen LogP contribution in [-0.4, -0.2) is 36.0 Å². The third-order valence-electron chi connectivity index (χ3n) is 5.18. The van der Waals surface area contributed by atoms with E-state index in [4.69, 9.17) is 9.47 Å². The van der Waals surface area contributed by atoms with Crippen LogP contribution in [0.25, 0.3) is 11.6 Å². The second-order valence-electron chi connectivity index (χ2n) is 7.08. The van der Waals surface area contributed by atoms with Gasteiger partial charge in [0.1, 0.15) is 5.75 Å². The molecule has 2 amide bonds. The number of benzene rings is 3. The molecule has 6 nitrogen and oxygen atoms in total. The van der Waals surface area contributed by atoms with Crippen LogP contribution in [0.1, 0.15) is 27.0 Å². The molecule has 0 bridgehead atoms. The number of hydrogen-bond donors (Lipinski definition) is 1. The molecule has 0 atom stereocenters. The van der Waals surface area contributed by atoms with Gasteiger partial charge in [-0.05, 0) is 53.1 Å². The zero-order valence-electron chi connectivity index (χ0n) is 17.2. The number of carbonyl (C=O) groups excluding carboxylic acids is 2. The molecule has 4 rings (SSSR count). The quantitative estimate of drug-likeness (QED) is 0.501. The van der Waals surface area contributed by atoms with Gasteiger partial charge in [0, 0.05) is 11.1 Å². The van der Waals surface area contributed by atoms with Gasteiger partial charge < -0.3 is 14.6 Å². The minimum atomic E-state index is -0.394. The lowest BCUT2D eigenvalue weighted by atomic mass is 9.91. The van der Waals surface area contributed by atoms with E-state index >= 15 is 0 Å². The molecule has 0 aliphatic carbocycles. The average molecular weight is 415 g/mol. The molecule has 0 fully saturated rings. The van der Waals surface area contributed by atoms with Crippen molar-refractivity contribution in [3.63, 3.8) is 0 Å². The molecule has 0 saturated heterocycles. The molecule has 156 valence electrons. The summed E-state index contributed by atoms with van der Waals surface area (Å²) in [6.45, 7) is 0.140. The van der Waals surface area contributed by atoms with Gasteiger partial charge in [0.15, 0.2) is 11.5 Å². The predicted octanol–water partition coefficient (Wildman–Crippen LogP) is 4.13. The number of hydrogen-bond acceptors (Lipinski definition) is 5. The Morgan fingerprint density at radius 1 is 0.871 bits per heavy atom. The molecule has 6 heteroatoms. The molecule has 0 radical (unpaired) electrons. The molecule has 1 aliphatic heterocycles. The number of rotatable bonds is 5. The van der Waals surface area contributed by atoms with E-state index in [1.165, 1.54) is 18.1 Å². The average Bonchev–Trinajstić information content (AvgIpc) is 2.80. The molecule has 0 unspecified atom stereocenters. The molecular weight excluding hydrogens is 394 g/mol. The zero-order chi connectivity index (χ0) is 22.0. The number of methoxy groups -OCH3 is 2. The maximum absolute atomic E-state index is 13.4. The largest absolute Gasteiger partial charge is 0.504 e. The highest BCUT2D eigenvalue weighted by Gasteiger charge is 2.34. The van der Waals surface area contributed by atoms with Crippen LogP contribution >= 0.6 is 0 Å². The Morgan fingerprint density at radius 3 is 2.23 bits per heavy atom. The highest BCUT2D eigenvalue weighted by molar-refractivity contribution is 6.33. The summed E-state index contributed by atoms with van der Waals surface area (Å²) < 4.78 is 10.3. The fourth-order valence-corrected chi connectivity index (χ4v) is 3.56. The summed E-state index contributed by atoms with van der Waals surface area (Å²) in [6, 6.07) is 19.1. The van der Waals surface area contributed by atoms with Gasteiger partial charge in [0.05, 0.1) is 20.8 Å². The zero-order valence-corrected chi connectivity index (χ0v) is 17.2. The van der Waals surface area contributed by atoms with E-state index in [0.717, 1.165) is 5.56 Å². The van der Waals surface area contributed by atoms with E-state index in [1.54, 1.807) is 61.7 Å². The Kier molecular flexibility index (Phi) is 5.45. The third-order valence-corrected chi connectivity index (χ3v) is 5.18. The molecule has 1 heterocycles. The summed E-state index contributed by atoms with van der Waals surface area (Å²) in [4.78, 5) is 27.7. The number of phenols is 1. The van der Waals surface area contributed by atoms with Crippen LogP contribution in [0.5, 0.6) is 17.2 Å².